The van der Waals surface area contributed by atoms with E-state index in [2.05, 4.69) is 0 Å². The molecule has 0 spiro atoms. The van der Waals surface area contributed by atoms with E-state index in [1.807, 2.05) is 0 Å². The molecule has 0 radical (unpaired) electrons. The van der Waals surface area contributed by atoms with Crippen molar-refractivity contribution in [1.82, 2.24) is 0 Å². The van der Waals surface area contributed by atoms with Gasteiger partial charge in [-0.3, -0.25) is 4.79 Å². The lowest BCUT2D eigenvalue weighted by molar-refractivity contribution is -0.243. The van der Waals surface area contributed by atoms with Crippen molar-refractivity contribution in [1.29, 1.82) is 0 Å². The molecule has 2 nitrogen and oxygen atoms in total. The first-order valence-electron chi connectivity index (χ1n) is 6.02. The summed E-state index contributed by atoms with van der Waals surface area (Å²) in [4.78, 5) is 10.9. The highest BCUT2D eigenvalue weighted by Crippen LogP contribution is 2.36. The van der Waals surface area contributed by atoms with Gasteiger partial charge in [-0.1, -0.05) is 36.1 Å². The summed E-state index contributed by atoms with van der Waals surface area (Å²) in [5.74, 6) is -2.75. The maximum Gasteiger partial charge on any atom is 0.417 e. The van der Waals surface area contributed by atoms with Gasteiger partial charge < -0.3 is 5.11 Å². The molecule has 0 saturated carbocycles. The van der Waals surface area contributed by atoms with E-state index >= 15 is 0 Å². The number of allylic oxidation sites excluding steroid dienone is 1. The minimum Gasteiger partial charge on any atom is -0.872 e. The summed E-state index contributed by atoms with van der Waals surface area (Å²) < 4.78 is 63.1. The largest absolute Gasteiger partial charge is 0.872 e. The minimum atomic E-state index is -4.62. The zero-order chi connectivity index (χ0) is 16.5. The smallest absolute Gasteiger partial charge is 0.417 e. The number of ketones is 1. The Morgan fingerprint density at radius 1 is 1.05 bits per heavy atom. The van der Waals surface area contributed by atoms with Crippen LogP contribution >= 0.6 is 0 Å². The molecule has 0 N–H and O–H groups in total. The molecule has 0 amide bonds. The van der Waals surface area contributed by atoms with Crippen LogP contribution in [0.3, 0.4) is 0 Å². The number of halogens is 5. The van der Waals surface area contributed by atoms with E-state index < -0.39 is 29.7 Å². The Kier molecular flexibility index (Phi) is 4.16. The van der Waals surface area contributed by atoms with Gasteiger partial charge in [0.25, 0.3) is 6.43 Å². The maximum absolute atomic E-state index is 12.9. The Bertz CT molecular complexity index is 747. The van der Waals surface area contributed by atoms with Gasteiger partial charge in [0.05, 0.1) is 5.56 Å². The first kappa shape index (κ1) is 15.9. The van der Waals surface area contributed by atoms with Crippen LogP contribution in [-0.2, 0) is 11.0 Å². The summed E-state index contributed by atoms with van der Waals surface area (Å²) in [6, 6.07) is 6.77. The second-order valence-electron chi connectivity index (χ2n) is 4.42. The van der Waals surface area contributed by atoms with Crippen LogP contribution in [0.2, 0.25) is 0 Å². The van der Waals surface area contributed by atoms with Crippen LogP contribution in [0.15, 0.2) is 42.5 Å². The summed E-state index contributed by atoms with van der Waals surface area (Å²) >= 11 is 0. The molecule has 0 aliphatic heterocycles. The number of rotatable bonds is 3. The molecular weight excluding hydrogens is 307 g/mol. The molecule has 0 aliphatic carbocycles. The normalized spacial score (nSPS) is 12.9. The monoisotopic (exact) mass is 315 g/mol. The van der Waals surface area contributed by atoms with Gasteiger partial charge >= 0.3 is 6.18 Å². The van der Waals surface area contributed by atoms with Gasteiger partial charge in [0.2, 0.25) is 5.78 Å². The standard InChI is InChI=1S/C15H9F5O2/c16-14(17)13(22)7-12(21)10-5-6-11(15(18,19)20)9-4-2-1-3-8(9)10/h1-7,14,21H/p-1/b12-7-. The third-order valence-corrected chi connectivity index (χ3v) is 2.98. The third-order valence-electron chi connectivity index (χ3n) is 2.98. The maximum atomic E-state index is 12.9. The van der Waals surface area contributed by atoms with Crippen LogP contribution in [0.4, 0.5) is 22.0 Å². The lowest BCUT2D eigenvalue weighted by Crippen LogP contribution is -2.12. The van der Waals surface area contributed by atoms with E-state index in [9.17, 15) is 31.9 Å². The first-order valence-corrected chi connectivity index (χ1v) is 6.02. The molecule has 0 unspecified atom stereocenters. The topological polar surface area (TPSA) is 40.1 Å². The van der Waals surface area contributed by atoms with Crippen LogP contribution in [0.5, 0.6) is 0 Å². The van der Waals surface area contributed by atoms with Crippen molar-refractivity contribution in [3.8, 4) is 0 Å². The highest BCUT2D eigenvalue weighted by atomic mass is 19.4. The number of hydrogen-bond acceptors (Lipinski definition) is 2. The predicted molar refractivity (Wildman–Crippen MR) is 67.9 cm³/mol. The quantitative estimate of drug-likeness (QED) is 0.495. The zero-order valence-electron chi connectivity index (χ0n) is 10.8. The van der Waals surface area contributed by atoms with Crippen LogP contribution < -0.4 is 5.11 Å². The molecule has 0 fully saturated rings. The predicted octanol–water partition coefficient (Wildman–Crippen LogP) is 3.39. The Hall–Kier alpha value is -2.44. The molecule has 22 heavy (non-hydrogen) atoms. The molecule has 2 aromatic carbocycles. The molecule has 0 heterocycles. The summed E-state index contributed by atoms with van der Waals surface area (Å²) in [7, 11) is 0. The van der Waals surface area contributed by atoms with Gasteiger partial charge in [-0.25, -0.2) is 8.78 Å². The summed E-state index contributed by atoms with van der Waals surface area (Å²) in [6.45, 7) is 0. The molecule has 0 aromatic heterocycles. The molecule has 0 saturated heterocycles. The molecule has 0 bridgehead atoms. The Morgan fingerprint density at radius 2 is 1.64 bits per heavy atom. The fourth-order valence-electron chi connectivity index (χ4n) is 2.03. The van der Waals surface area contributed by atoms with E-state index in [1.54, 1.807) is 0 Å². The summed E-state index contributed by atoms with van der Waals surface area (Å²) in [5, 5.41) is 11.6. The fourth-order valence-corrected chi connectivity index (χ4v) is 2.03. The van der Waals surface area contributed by atoms with E-state index in [-0.39, 0.29) is 22.4 Å². The van der Waals surface area contributed by atoms with Gasteiger partial charge in [0, 0.05) is 0 Å². The van der Waals surface area contributed by atoms with E-state index in [1.165, 1.54) is 24.3 Å². The molecule has 0 atom stereocenters. The zero-order valence-corrected chi connectivity index (χ0v) is 10.8. The Balaban J connectivity index is 2.66. The van der Waals surface area contributed by atoms with Crippen molar-refractivity contribution < 1.29 is 31.9 Å². The number of hydrogen-bond donors (Lipinski definition) is 0. The van der Waals surface area contributed by atoms with E-state index in [0.717, 1.165) is 6.07 Å². The van der Waals surface area contributed by atoms with E-state index in [0.29, 0.717) is 6.07 Å². The summed E-state index contributed by atoms with van der Waals surface area (Å²) in [5.41, 5.74) is -1.18. The molecule has 7 heteroatoms. The van der Waals surface area contributed by atoms with Crippen LogP contribution in [-0.4, -0.2) is 12.2 Å². The third kappa shape index (κ3) is 3.08. The average molecular weight is 315 g/mol. The van der Waals surface area contributed by atoms with Gasteiger partial charge in [-0.2, -0.15) is 13.2 Å². The number of benzene rings is 2. The highest BCUT2D eigenvalue weighted by Gasteiger charge is 2.32. The lowest BCUT2D eigenvalue weighted by Gasteiger charge is -2.18. The van der Waals surface area contributed by atoms with Gasteiger partial charge in [-0.05, 0) is 28.5 Å². The minimum absolute atomic E-state index is 0.0550. The number of carbonyl (C=O) groups excluding carboxylic acids is 1. The van der Waals surface area contributed by atoms with Crippen molar-refractivity contribution in [2.75, 3.05) is 0 Å². The Morgan fingerprint density at radius 3 is 2.18 bits per heavy atom. The average Bonchev–Trinajstić information content (AvgIpc) is 2.44. The second kappa shape index (κ2) is 5.75. The highest BCUT2D eigenvalue weighted by molar-refractivity contribution is 6.01. The number of alkyl halides is 5. The molecule has 2 aromatic rings. The first-order chi connectivity index (χ1) is 10.2. The van der Waals surface area contributed by atoms with Crippen LogP contribution in [0.25, 0.3) is 16.5 Å². The molecule has 2 rings (SSSR count). The van der Waals surface area contributed by atoms with Crippen molar-refractivity contribution in [2.45, 2.75) is 12.6 Å². The SMILES string of the molecule is O=C(/C=C(\[O-])c1ccc(C(F)(F)F)c2ccccc12)C(F)F. The van der Waals surface area contributed by atoms with Crippen molar-refractivity contribution >= 4 is 22.3 Å². The molecule has 116 valence electrons. The van der Waals surface area contributed by atoms with Crippen molar-refractivity contribution in [2.24, 2.45) is 0 Å². The van der Waals surface area contributed by atoms with Crippen molar-refractivity contribution in [3.05, 3.63) is 53.6 Å². The van der Waals surface area contributed by atoms with Crippen molar-refractivity contribution in [3.63, 3.8) is 0 Å². The lowest BCUT2D eigenvalue weighted by atomic mass is 9.98. The van der Waals surface area contributed by atoms with Gasteiger partial charge in [-0.15, -0.1) is 0 Å². The number of fused-ring (bicyclic) bond motifs is 1. The molecule has 0 aliphatic rings. The van der Waals surface area contributed by atoms with E-state index in [4.69, 9.17) is 0 Å². The van der Waals surface area contributed by atoms with Crippen LogP contribution in [0.1, 0.15) is 11.1 Å². The second-order valence-corrected chi connectivity index (χ2v) is 4.42. The van der Waals surface area contributed by atoms with Crippen LogP contribution in [0, 0.1) is 0 Å². The van der Waals surface area contributed by atoms with Gasteiger partial charge in [0.15, 0.2) is 0 Å². The van der Waals surface area contributed by atoms with Gasteiger partial charge in [0.1, 0.15) is 0 Å². The fraction of sp³-hybridized carbons (Fsp3) is 0.133. The summed E-state index contributed by atoms with van der Waals surface area (Å²) in [6.07, 6.45) is -7.77. The molecular formula is C15H8F5O2-. The number of carbonyl (C=O) groups is 1. The Labute approximate surface area is 121 Å².